The van der Waals surface area contributed by atoms with Gasteiger partial charge in [0.1, 0.15) is 12.0 Å². The summed E-state index contributed by atoms with van der Waals surface area (Å²) in [4.78, 5) is 26.6. The van der Waals surface area contributed by atoms with Crippen LogP contribution in [0.25, 0.3) is 0 Å². The van der Waals surface area contributed by atoms with Crippen molar-refractivity contribution < 1.29 is 18.3 Å². The maximum Gasteiger partial charge on any atom is 0.289 e. The van der Waals surface area contributed by atoms with E-state index in [2.05, 4.69) is 15.2 Å². The van der Waals surface area contributed by atoms with E-state index < -0.39 is 25.6 Å². The van der Waals surface area contributed by atoms with E-state index in [-0.39, 0.29) is 30.2 Å². The average molecular weight is 465 g/mol. The molecule has 1 aliphatic heterocycles. The molecule has 13 heteroatoms. The van der Waals surface area contributed by atoms with Crippen LogP contribution in [0.15, 0.2) is 47.5 Å². The van der Waals surface area contributed by atoms with Crippen LogP contribution < -0.4 is 5.32 Å². The van der Waals surface area contributed by atoms with Gasteiger partial charge in [-0.2, -0.15) is 4.31 Å². The zero-order valence-corrected chi connectivity index (χ0v) is 18.1. The van der Waals surface area contributed by atoms with Gasteiger partial charge in [-0.25, -0.2) is 13.4 Å². The van der Waals surface area contributed by atoms with Crippen LogP contribution in [0.1, 0.15) is 12.8 Å². The minimum Gasteiger partial charge on any atom is -0.369 e. The summed E-state index contributed by atoms with van der Waals surface area (Å²) in [6.45, 7) is 2.71. The molecular formula is C19H24N6O6S. The topological polar surface area (TPSA) is 152 Å². The highest BCUT2D eigenvalue weighted by atomic mass is 32.2. The molecule has 3 rings (SSSR count). The second kappa shape index (κ2) is 10.4. The molecule has 1 N–H and O–H groups in total. The number of para-hydroxylation sites is 1. The summed E-state index contributed by atoms with van der Waals surface area (Å²) in [5.41, 5.74) is -0.620. The molecule has 12 nitrogen and oxygen atoms in total. The van der Waals surface area contributed by atoms with Crippen LogP contribution in [0, 0.1) is 20.2 Å². The first-order chi connectivity index (χ1) is 15.3. The lowest BCUT2D eigenvalue weighted by molar-refractivity contribution is -0.387. The molecule has 32 heavy (non-hydrogen) atoms. The molecule has 0 spiro atoms. The van der Waals surface area contributed by atoms with Gasteiger partial charge in [0.25, 0.3) is 11.4 Å². The zero-order chi connectivity index (χ0) is 23.1. The number of hydrogen-bond donors (Lipinski definition) is 1. The maximum absolute atomic E-state index is 13.3. The van der Waals surface area contributed by atoms with Crippen molar-refractivity contribution in [3.8, 4) is 0 Å². The Morgan fingerprint density at radius 2 is 1.75 bits per heavy atom. The van der Waals surface area contributed by atoms with Gasteiger partial charge in [0, 0.05) is 38.3 Å². The Labute approximate surface area is 185 Å². The summed E-state index contributed by atoms with van der Waals surface area (Å²) in [5, 5.41) is 25.1. The molecule has 2 heterocycles. The number of nitro benzene ring substituents is 1. The van der Waals surface area contributed by atoms with Gasteiger partial charge in [-0.05, 0) is 38.1 Å². The monoisotopic (exact) mass is 464 g/mol. The summed E-state index contributed by atoms with van der Waals surface area (Å²) >= 11 is 0. The second-order valence-corrected chi connectivity index (χ2v) is 9.17. The van der Waals surface area contributed by atoms with E-state index in [1.807, 2.05) is 0 Å². The standard InChI is InChI=1S/C19H24N6O6S/c26-24(27)16-7-8-19(21-15-16)20-9-12-23(14-13-22-10-3-4-11-22)32(30,31)18-6-2-1-5-17(18)25(28)29/h1-2,5-8,15H,3-4,9-14H2,(H,20,21). The first-order valence-electron chi connectivity index (χ1n) is 10.1. The van der Waals surface area contributed by atoms with Crippen LogP contribution in [0.2, 0.25) is 0 Å². The summed E-state index contributed by atoms with van der Waals surface area (Å²) in [6.07, 6.45) is 3.23. The SMILES string of the molecule is O=[N+]([O-])c1ccc(NCCN(CCN2CCCC2)S(=O)(=O)c2ccccc2[N+](=O)[O-])nc1. The van der Waals surface area contributed by atoms with Crippen LogP contribution in [0.4, 0.5) is 17.2 Å². The zero-order valence-electron chi connectivity index (χ0n) is 17.3. The summed E-state index contributed by atoms with van der Waals surface area (Å²) in [5.74, 6) is 0.359. The van der Waals surface area contributed by atoms with E-state index >= 15 is 0 Å². The molecule has 0 bridgehead atoms. The third-order valence-electron chi connectivity index (χ3n) is 5.17. The van der Waals surface area contributed by atoms with E-state index in [1.165, 1.54) is 40.7 Å². The number of pyridine rings is 1. The van der Waals surface area contributed by atoms with E-state index in [9.17, 15) is 28.6 Å². The van der Waals surface area contributed by atoms with Gasteiger partial charge in [0.05, 0.1) is 9.85 Å². The molecule has 172 valence electrons. The maximum atomic E-state index is 13.3. The number of nitrogens with one attached hydrogen (secondary N) is 1. The molecule has 0 radical (unpaired) electrons. The summed E-state index contributed by atoms with van der Waals surface area (Å²) in [7, 11) is -4.13. The number of hydrogen-bond acceptors (Lipinski definition) is 9. The van der Waals surface area contributed by atoms with Crippen molar-refractivity contribution in [3.05, 3.63) is 62.8 Å². The molecule has 0 amide bonds. The largest absolute Gasteiger partial charge is 0.369 e. The number of likely N-dealkylation sites (tertiary alicyclic amines) is 1. The predicted octanol–water partition coefficient (Wildman–Crippen LogP) is 2.10. The van der Waals surface area contributed by atoms with E-state index in [4.69, 9.17) is 0 Å². The highest BCUT2D eigenvalue weighted by Crippen LogP contribution is 2.26. The smallest absolute Gasteiger partial charge is 0.289 e. The Bertz CT molecular complexity index is 1060. The van der Waals surface area contributed by atoms with Gasteiger partial charge in [-0.1, -0.05) is 12.1 Å². The second-order valence-electron chi connectivity index (χ2n) is 7.26. The number of nitro groups is 2. The molecule has 1 fully saturated rings. The fourth-order valence-corrected chi connectivity index (χ4v) is 5.07. The number of nitrogens with zero attached hydrogens (tertiary/aromatic N) is 5. The number of rotatable bonds is 11. The summed E-state index contributed by atoms with van der Waals surface area (Å²) < 4.78 is 27.8. The Kier molecular flexibility index (Phi) is 7.66. The Morgan fingerprint density at radius 3 is 2.38 bits per heavy atom. The van der Waals surface area contributed by atoms with Crippen LogP contribution in [0.3, 0.4) is 0 Å². The van der Waals surface area contributed by atoms with E-state index in [0.717, 1.165) is 32.1 Å². The van der Waals surface area contributed by atoms with E-state index in [0.29, 0.717) is 12.4 Å². The molecule has 1 aliphatic rings. The molecule has 0 atom stereocenters. The lowest BCUT2D eigenvalue weighted by atomic mass is 10.3. The normalized spacial score (nSPS) is 14.5. The minimum absolute atomic E-state index is 0.0425. The fraction of sp³-hybridized carbons (Fsp3) is 0.421. The Balaban J connectivity index is 1.75. The van der Waals surface area contributed by atoms with Gasteiger partial charge in [0.15, 0.2) is 4.90 Å². The van der Waals surface area contributed by atoms with Crippen LogP contribution in [-0.2, 0) is 10.0 Å². The highest BCUT2D eigenvalue weighted by Gasteiger charge is 2.31. The molecule has 0 saturated carbocycles. The van der Waals surface area contributed by atoms with Crippen molar-refractivity contribution in [2.45, 2.75) is 17.7 Å². The number of aromatic nitrogens is 1. The first kappa shape index (κ1) is 23.5. The molecule has 0 aliphatic carbocycles. The van der Waals surface area contributed by atoms with Crippen molar-refractivity contribution in [3.63, 3.8) is 0 Å². The Hall–Kier alpha value is -3.16. The lowest BCUT2D eigenvalue weighted by Crippen LogP contribution is -2.40. The number of sulfonamides is 1. The third-order valence-corrected chi connectivity index (χ3v) is 7.12. The molecule has 1 aromatic carbocycles. The van der Waals surface area contributed by atoms with Crippen LogP contribution in [0.5, 0.6) is 0 Å². The number of anilines is 1. The van der Waals surface area contributed by atoms with Crippen molar-refractivity contribution >= 4 is 27.2 Å². The van der Waals surface area contributed by atoms with Gasteiger partial charge >= 0.3 is 0 Å². The number of benzene rings is 1. The molecule has 1 aromatic heterocycles. The van der Waals surface area contributed by atoms with Gasteiger partial charge in [-0.3, -0.25) is 20.2 Å². The minimum atomic E-state index is -4.13. The highest BCUT2D eigenvalue weighted by molar-refractivity contribution is 7.89. The summed E-state index contributed by atoms with van der Waals surface area (Å²) in [6, 6.07) is 8.02. The first-order valence-corrected chi connectivity index (χ1v) is 11.5. The van der Waals surface area contributed by atoms with Crippen molar-refractivity contribution in [2.75, 3.05) is 44.6 Å². The molecule has 2 aromatic rings. The molecule has 0 unspecified atom stereocenters. The molecular weight excluding hydrogens is 440 g/mol. The van der Waals surface area contributed by atoms with Gasteiger partial charge in [0.2, 0.25) is 10.0 Å². The van der Waals surface area contributed by atoms with Crippen molar-refractivity contribution in [1.82, 2.24) is 14.2 Å². The molecule has 1 saturated heterocycles. The predicted molar refractivity (Wildman–Crippen MR) is 117 cm³/mol. The average Bonchev–Trinajstić information content (AvgIpc) is 3.30. The quantitative estimate of drug-likeness (QED) is 0.389. The van der Waals surface area contributed by atoms with Gasteiger partial charge < -0.3 is 10.2 Å². The fourth-order valence-electron chi connectivity index (χ4n) is 3.48. The van der Waals surface area contributed by atoms with Crippen LogP contribution >= 0.6 is 0 Å². The van der Waals surface area contributed by atoms with Crippen LogP contribution in [-0.4, -0.2) is 71.7 Å². The van der Waals surface area contributed by atoms with Crippen molar-refractivity contribution in [1.29, 1.82) is 0 Å². The third kappa shape index (κ3) is 5.75. The Morgan fingerprint density at radius 1 is 1.03 bits per heavy atom. The van der Waals surface area contributed by atoms with Crippen molar-refractivity contribution in [2.24, 2.45) is 0 Å². The van der Waals surface area contributed by atoms with E-state index in [1.54, 1.807) is 0 Å². The lowest BCUT2D eigenvalue weighted by Gasteiger charge is -2.25. The van der Waals surface area contributed by atoms with Gasteiger partial charge in [-0.15, -0.1) is 0 Å².